The molecule has 0 N–H and O–H groups in total. The summed E-state index contributed by atoms with van der Waals surface area (Å²) in [4.78, 5) is 17.2. The molecule has 1 aliphatic rings. The average molecular weight is 285 g/mol. The second-order valence-corrected chi connectivity index (χ2v) is 6.25. The molecule has 3 heteroatoms. The van der Waals surface area contributed by atoms with Crippen LogP contribution in [0.4, 0.5) is 0 Å². The molecule has 0 saturated heterocycles. The molecule has 0 spiro atoms. The van der Waals surface area contributed by atoms with Gasteiger partial charge in [-0.25, -0.2) is 0 Å². The summed E-state index contributed by atoms with van der Waals surface area (Å²) < 4.78 is 0. The van der Waals surface area contributed by atoms with Crippen LogP contribution in [-0.2, 0) is 0 Å². The summed E-state index contributed by atoms with van der Waals surface area (Å²) in [5.74, 6) is 0.518. The Morgan fingerprint density at radius 3 is 2.85 bits per heavy atom. The van der Waals surface area contributed by atoms with Gasteiger partial charge >= 0.3 is 0 Å². The van der Waals surface area contributed by atoms with Gasteiger partial charge in [0.25, 0.3) is 0 Å². The van der Waals surface area contributed by atoms with Gasteiger partial charge in [0, 0.05) is 22.9 Å². The molecule has 0 amide bonds. The number of rotatable bonds is 2. The summed E-state index contributed by atoms with van der Waals surface area (Å²) >= 11 is 1.27. The highest BCUT2D eigenvalue weighted by atomic mass is 32.2. The zero-order chi connectivity index (χ0) is 14.5. The summed E-state index contributed by atoms with van der Waals surface area (Å²) in [6.45, 7) is 6.49. The van der Waals surface area contributed by atoms with Gasteiger partial charge in [-0.05, 0) is 62.2 Å². The van der Waals surface area contributed by atoms with Gasteiger partial charge in [0.05, 0.1) is 0 Å². The Hall–Kier alpha value is -1.61. The molecule has 2 rings (SSSR count). The van der Waals surface area contributed by atoms with Gasteiger partial charge in [-0.15, -0.1) is 0 Å². The van der Waals surface area contributed by atoms with Gasteiger partial charge in [-0.2, -0.15) is 0 Å². The van der Waals surface area contributed by atoms with E-state index in [1.54, 1.807) is 24.5 Å². The van der Waals surface area contributed by atoms with E-state index in [9.17, 15) is 4.79 Å². The maximum Gasteiger partial charge on any atom is 0.225 e. The van der Waals surface area contributed by atoms with Crippen LogP contribution >= 0.6 is 11.8 Å². The molecule has 1 aromatic rings. The third kappa shape index (κ3) is 3.94. The quantitative estimate of drug-likeness (QED) is 0.784. The van der Waals surface area contributed by atoms with Gasteiger partial charge in [-0.3, -0.25) is 9.78 Å². The molecule has 1 aromatic heterocycles. The topological polar surface area (TPSA) is 30.0 Å². The van der Waals surface area contributed by atoms with Crippen LogP contribution in [0.15, 0.2) is 58.8 Å². The first-order valence-corrected chi connectivity index (χ1v) is 7.56. The number of carbonyl (C=O) groups excluding carboxylic acids is 1. The minimum Gasteiger partial charge on any atom is -0.281 e. The largest absolute Gasteiger partial charge is 0.281 e. The molecule has 1 heterocycles. The lowest BCUT2D eigenvalue weighted by Crippen LogP contribution is -2.00. The van der Waals surface area contributed by atoms with Crippen LogP contribution in [0.5, 0.6) is 0 Å². The van der Waals surface area contributed by atoms with Crippen LogP contribution in [0.1, 0.15) is 37.6 Å². The van der Waals surface area contributed by atoms with E-state index < -0.39 is 0 Å². The van der Waals surface area contributed by atoms with Crippen molar-refractivity contribution in [2.24, 2.45) is 5.92 Å². The normalized spacial score (nSPS) is 27.1. The van der Waals surface area contributed by atoms with Crippen LogP contribution in [-0.4, -0.2) is 10.1 Å². The van der Waals surface area contributed by atoms with Crippen molar-refractivity contribution in [3.8, 4) is 0 Å². The summed E-state index contributed by atoms with van der Waals surface area (Å²) in [6.07, 6.45) is 10.6. The van der Waals surface area contributed by atoms with Crippen LogP contribution in [0.2, 0.25) is 0 Å². The lowest BCUT2D eigenvalue weighted by molar-refractivity contribution is 0.108. The predicted octanol–water partition coefficient (Wildman–Crippen LogP) is 4.77. The molecule has 0 radical (unpaired) electrons. The Bertz CT molecular complexity index is 584. The molecule has 20 heavy (non-hydrogen) atoms. The lowest BCUT2D eigenvalue weighted by Gasteiger charge is -2.15. The van der Waals surface area contributed by atoms with Crippen LogP contribution < -0.4 is 0 Å². The minimum absolute atomic E-state index is 0.0349. The van der Waals surface area contributed by atoms with Crippen molar-refractivity contribution in [1.29, 1.82) is 0 Å². The molecule has 1 aliphatic carbocycles. The van der Waals surface area contributed by atoms with Gasteiger partial charge in [0.2, 0.25) is 5.12 Å². The van der Waals surface area contributed by atoms with Crippen molar-refractivity contribution in [3.63, 3.8) is 0 Å². The van der Waals surface area contributed by atoms with E-state index in [1.165, 1.54) is 22.9 Å². The minimum atomic E-state index is 0.0349. The second kappa shape index (κ2) is 6.71. The molecule has 0 aromatic carbocycles. The van der Waals surface area contributed by atoms with Gasteiger partial charge in [0.15, 0.2) is 0 Å². The molecule has 104 valence electrons. The highest BCUT2D eigenvalue weighted by molar-refractivity contribution is 8.17. The molecule has 0 aliphatic heterocycles. The van der Waals surface area contributed by atoms with Crippen molar-refractivity contribution in [2.45, 2.75) is 27.2 Å². The summed E-state index contributed by atoms with van der Waals surface area (Å²) in [5.41, 5.74) is 3.30. The van der Waals surface area contributed by atoms with E-state index in [4.69, 9.17) is 0 Å². The fourth-order valence-electron chi connectivity index (χ4n) is 2.06. The van der Waals surface area contributed by atoms with Gasteiger partial charge in [-0.1, -0.05) is 24.1 Å². The van der Waals surface area contributed by atoms with Crippen molar-refractivity contribution < 1.29 is 4.79 Å². The third-order valence-corrected chi connectivity index (χ3v) is 4.33. The van der Waals surface area contributed by atoms with Crippen molar-refractivity contribution in [2.75, 3.05) is 0 Å². The Labute approximate surface area is 124 Å². The Morgan fingerprint density at radius 1 is 1.35 bits per heavy atom. The highest BCUT2D eigenvalue weighted by Crippen LogP contribution is 2.29. The van der Waals surface area contributed by atoms with E-state index in [1.807, 2.05) is 6.08 Å². The standard InChI is InChI=1S/C17H19NOS/c1-12-6-7-16(10-14(3)13(2)9-12)20-17(19)15-5-4-8-18-11-15/h4-8,10-11,13H,9H2,1-3H3/b12-6+,14-10+,16-7+. The predicted molar refractivity (Wildman–Crippen MR) is 85.5 cm³/mol. The van der Waals surface area contributed by atoms with E-state index in [2.05, 4.69) is 37.9 Å². The number of thioether (sulfide) groups is 1. The molecule has 2 nitrogen and oxygen atoms in total. The first kappa shape index (κ1) is 14.8. The Balaban J connectivity index is 2.21. The molecule has 0 fully saturated rings. The molecule has 1 atom stereocenters. The van der Waals surface area contributed by atoms with Crippen molar-refractivity contribution in [3.05, 3.63) is 64.4 Å². The smallest absolute Gasteiger partial charge is 0.225 e. The van der Waals surface area contributed by atoms with Crippen molar-refractivity contribution in [1.82, 2.24) is 4.98 Å². The average Bonchev–Trinajstić information content (AvgIpc) is 2.44. The maximum absolute atomic E-state index is 12.2. The maximum atomic E-state index is 12.2. The third-order valence-electron chi connectivity index (χ3n) is 3.42. The molecular weight excluding hydrogens is 266 g/mol. The Kier molecular flexibility index (Phi) is 4.96. The van der Waals surface area contributed by atoms with E-state index >= 15 is 0 Å². The molecule has 0 bridgehead atoms. The van der Waals surface area contributed by atoms with Crippen LogP contribution in [0.3, 0.4) is 0 Å². The van der Waals surface area contributed by atoms with Crippen LogP contribution in [0.25, 0.3) is 0 Å². The first-order chi connectivity index (χ1) is 9.56. The number of hydrogen-bond acceptors (Lipinski definition) is 3. The van der Waals surface area contributed by atoms with Gasteiger partial charge in [0.1, 0.15) is 0 Å². The van der Waals surface area contributed by atoms with Gasteiger partial charge < -0.3 is 0 Å². The summed E-state index contributed by atoms with van der Waals surface area (Å²) in [6, 6.07) is 3.58. The first-order valence-electron chi connectivity index (χ1n) is 6.74. The van der Waals surface area contributed by atoms with Crippen LogP contribution in [0, 0.1) is 5.92 Å². The number of hydrogen-bond donors (Lipinski definition) is 0. The highest BCUT2D eigenvalue weighted by Gasteiger charge is 2.12. The molecule has 0 saturated carbocycles. The summed E-state index contributed by atoms with van der Waals surface area (Å²) in [7, 11) is 0. The number of allylic oxidation sites excluding steroid dienone is 5. The number of nitrogens with zero attached hydrogens (tertiary/aromatic N) is 1. The summed E-state index contributed by atoms with van der Waals surface area (Å²) in [5, 5.41) is 0.0349. The van der Waals surface area contributed by atoms with Crippen molar-refractivity contribution >= 4 is 16.9 Å². The zero-order valence-corrected chi connectivity index (χ0v) is 12.9. The fraction of sp³-hybridized carbons (Fsp3) is 0.294. The lowest BCUT2D eigenvalue weighted by atomic mass is 9.93. The monoisotopic (exact) mass is 285 g/mol. The number of pyridine rings is 1. The zero-order valence-electron chi connectivity index (χ0n) is 12.1. The number of carbonyl (C=O) groups is 1. The molecular formula is C17H19NOS. The molecule has 1 unspecified atom stereocenters. The fourth-order valence-corrected chi connectivity index (χ4v) is 2.90. The number of aromatic nitrogens is 1. The van der Waals surface area contributed by atoms with E-state index in [0.29, 0.717) is 11.5 Å². The second-order valence-electron chi connectivity index (χ2n) is 5.21. The SMILES string of the molecule is C\C1=C/C=C(SC(=O)c2cccnc2)\C=C(/C)C(C)C1. The Morgan fingerprint density at radius 2 is 2.15 bits per heavy atom. The van der Waals surface area contributed by atoms with E-state index in [-0.39, 0.29) is 5.12 Å². The van der Waals surface area contributed by atoms with E-state index in [0.717, 1.165) is 11.3 Å².